The van der Waals surface area contributed by atoms with Gasteiger partial charge in [-0.3, -0.25) is 14.4 Å². The summed E-state index contributed by atoms with van der Waals surface area (Å²) in [7, 11) is 0. The van der Waals surface area contributed by atoms with Crippen molar-refractivity contribution in [2.24, 2.45) is 33.5 Å². The van der Waals surface area contributed by atoms with Crippen LogP contribution >= 0.6 is 0 Å². The number of nitrogens with one attached hydrogen (secondary N) is 1. The van der Waals surface area contributed by atoms with E-state index in [1.165, 1.54) is 0 Å². The first-order valence-electron chi connectivity index (χ1n) is 18.7. The number of rotatable bonds is 8. The molecule has 274 valence electrons. The summed E-state index contributed by atoms with van der Waals surface area (Å²) in [5.74, 6) is -0.880. The van der Waals surface area contributed by atoms with E-state index in [1.807, 2.05) is 37.5 Å². The number of fused-ring (bicyclic) bond motifs is 3. The number of likely N-dealkylation sites (tertiary alicyclic amines) is 3. The Morgan fingerprint density at radius 1 is 0.898 bits per heavy atom. The molecule has 4 atom stereocenters. The van der Waals surface area contributed by atoms with Crippen molar-refractivity contribution in [1.82, 2.24) is 20.0 Å². The lowest BCUT2D eigenvalue weighted by atomic mass is 9.70. The van der Waals surface area contributed by atoms with E-state index in [-0.39, 0.29) is 46.4 Å². The Hall–Kier alpha value is -2.44. The Bertz CT molecular complexity index is 1300. The van der Waals surface area contributed by atoms with Gasteiger partial charge >= 0.3 is 6.09 Å². The maximum atomic E-state index is 14.5. The fourth-order valence-corrected chi connectivity index (χ4v) is 9.36. The Balaban J connectivity index is 1.07. The molecule has 2 aliphatic carbocycles. The average Bonchev–Trinajstić information content (AvgIpc) is 3.48. The van der Waals surface area contributed by atoms with E-state index in [1.54, 1.807) is 4.90 Å². The van der Waals surface area contributed by atoms with Crippen molar-refractivity contribution in [3.8, 4) is 0 Å². The predicted octanol–water partition coefficient (Wildman–Crippen LogP) is 3.22. The smallest absolute Gasteiger partial charge is 0.410 e. The van der Waals surface area contributed by atoms with Crippen LogP contribution in [0.25, 0.3) is 0 Å². The largest absolute Gasteiger partial charge is 0.444 e. The molecule has 12 nitrogen and oxygen atoms in total. The zero-order chi connectivity index (χ0) is 35.0. The minimum absolute atomic E-state index is 0.000108. The molecule has 8 aliphatic rings. The Kier molecular flexibility index (Phi) is 8.82. The summed E-state index contributed by atoms with van der Waals surface area (Å²) in [5, 5.41) is 3.16. The van der Waals surface area contributed by atoms with Crippen molar-refractivity contribution in [2.75, 3.05) is 65.7 Å². The van der Waals surface area contributed by atoms with Crippen molar-refractivity contribution in [3.63, 3.8) is 0 Å². The van der Waals surface area contributed by atoms with Crippen molar-refractivity contribution < 1.29 is 38.1 Å². The average molecular weight is 687 g/mol. The van der Waals surface area contributed by atoms with Gasteiger partial charge in [-0.1, -0.05) is 13.8 Å². The van der Waals surface area contributed by atoms with Gasteiger partial charge in [0.15, 0.2) is 0 Å². The molecule has 12 heteroatoms. The quantitative estimate of drug-likeness (QED) is 0.413. The molecule has 8 rings (SSSR count). The lowest BCUT2D eigenvalue weighted by Crippen LogP contribution is -2.67. The van der Waals surface area contributed by atoms with Gasteiger partial charge in [0.05, 0.1) is 31.3 Å². The van der Waals surface area contributed by atoms with Crippen LogP contribution in [0.15, 0.2) is 0 Å². The summed E-state index contributed by atoms with van der Waals surface area (Å²) in [6.45, 7) is 16.8. The summed E-state index contributed by atoms with van der Waals surface area (Å²) in [6.07, 6.45) is 6.21. The molecule has 0 aromatic carbocycles. The number of amides is 4. The molecular formula is C37H58N4O8. The second-order valence-electron chi connectivity index (χ2n) is 18.5. The van der Waals surface area contributed by atoms with Crippen LogP contribution in [0.1, 0.15) is 86.5 Å². The van der Waals surface area contributed by atoms with E-state index in [4.69, 9.17) is 18.9 Å². The number of carbonyl (C=O) groups is 4. The molecule has 0 aromatic rings. The Labute approximate surface area is 291 Å². The van der Waals surface area contributed by atoms with Gasteiger partial charge in [-0.25, -0.2) is 4.79 Å². The summed E-state index contributed by atoms with van der Waals surface area (Å²) in [6, 6.07) is -0.875. The molecule has 2 spiro atoms. The highest BCUT2D eigenvalue weighted by Crippen LogP contribution is 2.55. The van der Waals surface area contributed by atoms with E-state index in [0.29, 0.717) is 65.3 Å². The zero-order valence-electron chi connectivity index (χ0n) is 30.5. The first-order chi connectivity index (χ1) is 23.0. The first-order valence-corrected chi connectivity index (χ1v) is 18.7. The minimum atomic E-state index is -0.875. The van der Waals surface area contributed by atoms with Gasteiger partial charge in [-0.15, -0.1) is 0 Å². The van der Waals surface area contributed by atoms with E-state index >= 15 is 0 Å². The van der Waals surface area contributed by atoms with Crippen LogP contribution in [-0.4, -0.2) is 128 Å². The summed E-state index contributed by atoms with van der Waals surface area (Å²) in [5.41, 5.74) is -1.25. The number of ether oxygens (including phenoxy) is 4. The molecule has 1 N–H and O–H groups in total. The summed E-state index contributed by atoms with van der Waals surface area (Å²) in [4.78, 5) is 60.6. The van der Waals surface area contributed by atoms with Crippen LogP contribution < -0.4 is 5.32 Å². The van der Waals surface area contributed by atoms with E-state index in [9.17, 15) is 19.2 Å². The standard InChI is InChI=1S/C37H58N4O8/c1-24(47-22-36-9-7-25(8-10-36)48-23-36)28(31(44)40-17-35(18-40)11-13-46-14-12-35)38-29(42)27-16-39(32(45)49-33(2,3)4)19-37(27)20-41(21-37)30(43)26-15-34(26,5)6/h24-28H,7-23H2,1-6H3,(H,38,42)/t24-,25?,26-,27+,28+,36?/m1/s1. The third-order valence-electron chi connectivity index (χ3n) is 13.0. The van der Waals surface area contributed by atoms with Crippen LogP contribution in [0.3, 0.4) is 0 Å². The minimum Gasteiger partial charge on any atom is -0.444 e. The molecule has 49 heavy (non-hydrogen) atoms. The molecule has 0 unspecified atom stereocenters. The predicted molar refractivity (Wildman–Crippen MR) is 179 cm³/mol. The van der Waals surface area contributed by atoms with Gasteiger partial charge < -0.3 is 39.0 Å². The van der Waals surface area contributed by atoms with E-state index in [2.05, 4.69) is 19.2 Å². The van der Waals surface area contributed by atoms with Gasteiger partial charge in [-0.05, 0) is 78.1 Å². The van der Waals surface area contributed by atoms with Gasteiger partial charge in [0.1, 0.15) is 11.6 Å². The molecule has 4 amide bonds. The lowest BCUT2D eigenvalue weighted by Gasteiger charge is -2.53. The molecule has 6 saturated heterocycles. The molecule has 6 aliphatic heterocycles. The second kappa shape index (κ2) is 12.4. The van der Waals surface area contributed by atoms with Crippen molar-refractivity contribution >= 4 is 23.8 Å². The third kappa shape index (κ3) is 6.82. The van der Waals surface area contributed by atoms with Gasteiger partial charge in [0, 0.05) is 74.6 Å². The maximum Gasteiger partial charge on any atom is 0.410 e. The van der Waals surface area contributed by atoms with Crippen LogP contribution in [0.2, 0.25) is 0 Å². The number of hydrogen-bond donors (Lipinski definition) is 1. The third-order valence-corrected chi connectivity index (χ3v) is 13.0. The number of carbonyl (C=O) groups excluding carboxylic acids is 4. The topological polar surface area (TPSA) is 127 Å². The molecule has 2 saturated carbocycles. The first kappa shape index (κ1) is 35.0. The van der Waals surface area contributed by atoms with Crippen LogP contribution in [-0.2, 0) is 33.3 Å². The molecule has 6 heterocycles. The maximum absolute atomic E-state index is 14.5. The van der Waals surface area contributed by atoms with Crippen molar-refractivity contribution in [3.05, 3.63) is 0 Å². The van der Waals surface area contributed by atoms with Crippen LogP contribution in [0, 0.1) is 33.5 Å². The molecule has 0 radical (unpaired) electrons. The number of nitrogens with zero attached hydrogens (tertiary/aromatic N) is 3. The summed E-state index contributed by atoms with van der Waals surface area (Å²) < 4.78 is 23.8. The lowest BCUT2D eigenvalue weighted by molar-refractivity contribution is -0.166. The highest BCUT2D eigenvalue weighted by atomic mass is 16.6. The fraction of sp³-hybridized carbons (Fsp3) is 0.892. The SMILES string of the molecule is C[C@@H](OCC12CCC(CC1)OC2)[C@H](NC(=O)[C@@H]1CN(C(=O)OC(C)(C)C)CC12CN(C(=O)[C@H]1CC1(C)C)C2)C(=O)N1CC2(CCOCC2)C1. The van der Waals surface area contributed by atoms with Crippen LogP contribution in [0.5, 0.6) is 0 Å². The van der Waals surface area contributed by atoms with E-state index in [0.717, 1.165) is 44.9 Å². The zero-order valence-corrected chi connectivity index (χ0v) is 30.5. The molecule has 2 bridgehead atoms. The van der Waals surface area contributed by atoms with Crippen molar-refractivity contribution in [2.45, 2.75) is 110 Å². The van der Waals surface area contributed by atoms with Crippen LogP contribution in [0.4, 0.5) is 4.79 Å². The second-order valence-corrected chi connectivity index (χ2v) is 18.5. The molecular weight excluding hydrogens is 628 g/mol. The highest BCUT2D eigenvalue weighted by molar-refractivity contribution is 5.91. The molecule has 0 aromatic heterocycles. The Morgan fingerprint density at radius 3 is 2.10 bits per heavy atom. The highest BCUT2D eigenvalue weighted by Gasteiger charge is 2.62. The monoisotopic (exact) mass is 686 g/mol. The molecule has 8 fully saturated rings. The summed E-state index contributed by atoms with van der Waals surface area (Å²) >= 11 is 0. The van der Waals surface area contributed by atoms with Gasteiger partial charge in [0.2, 0.25) is 17.7 Å². The normalized spacial score (nSPS) is 33.4. The van der Waals surface area contributed by atoms with Gasteiger partial charge in [-0.2, -0.15) is 0 Å². The number of hydrogen-bond acceptors (Lipinski definition) is 8. The Morgan fingerprint density at radius 2 is 1.53 bits per heavy atom. The van der Waals surface area contributed by atoms with E-state index < -0.39 is 35.2 Å². The fourth-order valence-electron chi connectivity index (χ4n) is 9.36. The van der Waals surface area contributed by atoms with Crippen molar-refractivity contribution in [1.29, 1.82) is 0 Å². The van der Waals surface area contributed by atoms with Gasteiger partial charge in [0.25, 0.3) is 0 Å².